The predicted octanol–water partition coefficient (Wildman–Crippen LogP) is 7.81. The molecular formula is C32H27ClN4O2S. The highest BCUT2D eigenvalue weighted by Crippen LogP contribution is 2.43. The van der Waals surface area contributed by atoms with Crippen LogP contribution in [0.15, 0.2) is 109 Å². The molecule has 6 nitrogen and oxygen atoms in total. The SMILES string of the molecule is COc1ccc(Oc2ccc(N3C(=S)N[C@@H](c4ccccn4)[C@H]3c3cccn3-c3ccc(Cl)c(C)c3)cc2)cc1. The van der Waals surface area contributed by atoms with Crippen molar-refractivity contribution in [3.05, 3.63) is 131 Å². The van der Waals surface area contributed by atoms with Gasteiger partial charge in [0, 0.05) is 34.5 Å². The molecule has 0 amide bonds. The Bertz CT molecular complexity index is 1640. The first-order valence-corrected chi connectivity index (χ1v) is 13.7. The highest BCUT2D eigenvalue weighted by Gasteiger charge is 2.42. The van der Waals surface area contributed by atoms with E-state index < -0.39 is 0 Å². The van der Waals surface area contributed by atoms with Crippen LogP contribution >= 0.6 is 23.8 Å². The standard InChI is InChI=1S/C32H27ClN4O2S/c1-21-20-23(10-17-27(21)33)36-19-5-7-29(36)31-30(28-6-3-4-18-34-28)35-32(40)37(31)22-8-11-25(12-9-22)39-26-15-13-24(38-2)14-16-26/h3-20,30-31H,1-2H3,(H,35,40)/t30-,31+/m0/s1. The fourth-order valence-corrected chi connectivity index (χ4v) is 5.50. The molecular weight excluding hydrogens is 540 g/mol. The van der Waals surface area contributed by atoms with Crippen molar-refractivity contribution >= 4 is 34.6 Å². The minimum atomic E-state index is -0.165. The third kappa shape index (κ3) is 5.01. The number of hydrogen-bond acceptors (Lipinski definition) is 4. The van der Waals surface area contributed by atoms with Crippen molar-refractivity contribution in [2.24, 2.45) is 0 Å². The van der Waals surface area contributed by atoms with Gasteiger partial charge in [-0.05, 0) is 116 Å². The Morgan fingerprint density at radius 3 is 2.23 bits per heavy atom. The van der Waals surface area contributed by atoms with Crippen LogP contribution in [0.5, 0.6) is 17.2 Å². The van der Waals surface area contributed by atoms with E-state index in [-0.39, 0.29) is 12.1 Å². The Kier molecular flexibility index (Phi) is 7.15. The zero-order chi connectivity index (χ0) is 27.6. The number of methoxy groups -OCH3 is 1. The number of benzene rings is 3. The molecule has 3 aromatic carbocycles. The lowest BCUT2D eigenvalue weighted by Gasteiger charge is -2.29. The highest BCUT2D eigenvalue weighted by molar-refractivity contribution is 7.80. The number of rotatable bonds is 7. The number of thiocarbonyl (C=S) groups is 1. The Morgan fingerprint density at radius 1 is 0.850 bits per heavy atom. The topological polar surface area (TPSA) is 51.6 Å². The number of aromatic nitrogens is 2. The molecule has 0 unspecified atom stereocenters. The summed E-state index contributed by atoms with van der Waals surface area (Å²) < 4.78 is 13.5. The summed E-state index contributed by atoms with van der Waals surface area (Å²) in [4.78, 5) is 6.83. The molecule has 1 saturated heterocycles. The van der Waals surface area contributed by atoms with Crippen LogP contribution in [0.1, 0.15) is 29.0 Å². The van der Waals surface area contributed by atoms with Crippen molar-refractivity contribution in [1.29, 1.82) is 0 Å². The first kappa shape index (κ1) is 25.9. The van der Waals surface area contributed by atoms with Crippen LogP contribution < -0.4 is 19.7 Å². The second-order valence-corrected chi connectivity index (χ2v) is 10.3. The molecule has 1 aliphatic heterocycles. The predicted molar refractivity (Wildman–Crippen MR) is 163 cm³/mol. The number of anilines is 1. The lowest BCUT2D eigenvalue weighted by Crippen LogP contribution is -2.30. The van der Waals surface area contributed by atoms with Gasteiger partial charge >= 0.3 is 0 Å². The summed E-state index contributed by atoms with van der Waals surface area (Å²) in [7, 11) is 1.64. The number of aryl methyl sites for hydroxylation is 1. The molecule has 3 heterocycles. The quantitative estimate of drug-likeness (QED) is 0.203. The first-order chi connectivity index (χ1) is 19.5. The molecule has 5 aromatic rings. The van der Waals surface area contributed by atoms with Gasteiger partial charge in [-0.15, -0.1) is 0 Å². The molecule has 1 aliphatic rings. The van der Waals surface area contributed by atoms with E-state index in [1.807, 2.05) is 92.0 Å². The molecule has 0 aliphatic carbocycles. The molecule has 40 heavy (non-hydrogen) atoms. The second-order valence-electron chi connectivity index (χ2n) is 9.50. The lowest BCUT2D eigenvalue weighted by molar-refractivity contribution is 0.413. The van der Waals surface area contributed by atoms with Gasteiger partial charge in [-0.3, -0.25) is 4.98 Å². The Balaban J connectivity index is 1.37. The molecule has 2 atom stereocenters. The summed E-state index contributed by atoms with van der Waals surface area (Å²) in [5, 5.41) is 4.91. The van der Waals surface area contributed by atoms with Gasteiger partial charge in [0.2, 0.25) is 0 Å². The van der Waals surface area contributed by atoms with Crippen LogP contribution in [0.4, 0.5) is 5.69 Å². The molecule has 0 bridgehead atoms. The molecule has 6 rings (SSSR count). The van der Waals surface area contributed by atoms with E-state index in [9.17, 15) is 0 Å². The molecule has 1 fully saturated rings. The van der Waals surface area contributed by atoms with E-state index in [0.717, 1.165) is 50.6 Å². The van der Waals surface area contributed by atoms with E-state index in [0.29, 0.717) is 5.11 Å². The van der Waals surface area contributed by atoms with E-state index in [1.54, 1.807) is 7.11 Å². The molecule has 0 radical (unpaired) electrons. The highest BCUT2D eigenvalue weighted by atomic mass is 35.5. The van der Waals surface area contributed by atoms with Crippen LogP contribution in [0.2, 0.25) is 5.02 Å². The zero-order valence-electron chi connectivity index (χ0n) is 22.0. The summed E-state index contributed by atoms with van der Waals surface area (Å²) >= 11 is 12.3. The minimum Gasteiger partial charge on any atom is -0.497 e. The normalized spacial score (nSPS) is 16.6. The van der Waals surface area contributed by atoms with E-state index in [4.69, 9.17) is 33.3 Å². The van der Waals surface area contributed by atoms with Crippen molar-refractivity contribution in [1.82, 2.24) is 14.9 Å². The third-order valence-corrected chi connectivity index (χ3v) is 7.75. The largest absolute Gasteiger partial charge is 0.497 e. The average Bonchev–Trinajstić information content (AvgIpc) is 3.60. The average molecular weight is 567 g/mol. The molecule has 0 spiro atoms. The van der Waals surface area contributed by atoms with Gasteiger partial charge in [0.05, 0.1) is 18.8 Å². The van der Waals surface area contributed by atoms with Crippen molar-refractivity contribution in [2.75, 3.05) is 12.0 Å². The Labute approximate surface area is 243 Å². The van der Waals surface area contributed by atoms with Crippen LogP contribution in [0.3, 0.4) is 0 Å². The lowest BCUT2D eigenvalue weighted by atomic mass is 10.0. The Morgan fingerprint density at radius 2 is 1.55 bits per heavy atom. The van der Waals surface area contributed by atoms with E-state index in [2.05, 4.69) is 44.2 Å². The molecule has 0 saturated carbocycles. The second kappa shape index (κ2) is 11.0. The van der Waals surface area contributed by atoms with Gasteiger partial charge in [-0.1, -0.05) is 17.7 Å². The summed E-state index contributed by atoms with van der Waals surface area (Å²) in [6.07, 6.45) is 3.88. The van der Waals surface area contributed by atoms with Crippen molar-refractivity contribution in [3.8, 4) is 22.9 Å². The van der Waals surface area contributed by atoms with Gasteiger partial charge in [0.15, 0.2) is 5.11 Å². The summed E-state index contributed by atoms with van der Waals surface area (Å²) in [6.45, 7) is 2.01. The first-order valence-electron chi connectivity index (χ1n) is 12.9. The summed E-state index contributed by atoms with van der Waals surface area (Å²) in [5.74, 6) is 2.24. The smallest absolute Gasteiger partial charge is 0.174 e. The number of pyridine rings is 1. The number of halogens is 1. The van der Waals surface area contributed by atoms with Gasteiger partial charge in [0.1, 0.15) is 23.3 Å². The Hall–Kier alpha value is -4.33. The van der Waals surface area contributed by atoms with Crippen molar-refractivity contribution in [2.45, 2.75) is 19.0 Å². The van der Waals surface area contributed by atoms with Crippen LogP contribution in [-0.4, -0.2) is 21.8 Å². The number of nitrogens with zero attached hydrogens (tertiary/aromatic N) is 3. The van der Waals surface area contributed by atoms with Crippen molar-refractivity contribution < 1.29 is 9.47 Å². The fourth-order valence-electron chi connectivity index (χ4n) is 5.04. The van der Waals surface area contributed by atoms with Gasteiger partial charge in [0.25, 0.3) is 0 Å². The summed E-state index contributed by atoms with van der Waals surface area (Å²) in [5.41, 5.74) is 4.98. The monoisotopic (exact) mass is 566 g/mol. The fraction of sp³-hybridized carbons (Fsp3) is 0.125. The maximum absolute atomic E-state index is 6.34. The van der Waals surface area contributed by atoms with Crippen LogP contribution in [0.25, 0.3) is 5.69 Å². The summed E-state index contributed by atoms with van der Waals surface area (Å²) in [6, 6.07) is 31.3. The molecule has 1 N–H and O–H groups in total. The van der Waals surface area contributed by atoms with Gasteiger partial charge in [-0.25, -0.2) is 0 Å². The van der Waals surface area contributed by atoms with Crippen molar-refractivity contribution in [3.63, 3.8) is 0 Å². The maximum Gasteiger partial charge on any atom is 0.174 e. The van der Waals surface area contributed by atoms with E-state index in [1.165, 1.54) is 0 Å². The van der Waals surface area contributed by atoms with Crippen LogP contribution in [-0.2, 0) is 0 Å². The van der Waals surface area contributed by atoms with Gasteiger partial charge < -0.3 is 24.3 Å². The molecule has 8 heteroatoms. The van der Waals surface area contributed by atoms with Crippen LogP contribution in [0, 0.1) is 6.92 Å². The number of ether oxygens (including phenoxy) is 2. The maximum atomic E-state index is 6.34. The number of nitrogens with one attached hydrogen (secondary N) is 1. The molecule has 2 aromatic heterocycles. The minimum absolute atomic E-state index is 0.161. The van der Waals surface area contributed by atoms with E-state index >= 15 is 0 Å². The number of hydrogen-bond donors (Lipinski definition) is 1. The third-order valence-electron chi connectivity index (χ3n) is 7.01. The molecule has 200 valence electrons. The van der Waals surface area contributed by atoms with Gasteiger partial charge in [-0.2, -0.15) is 0 Å². The zero-order valence-corrected chi connectivity index (χ0v) is 23.6.